The van der Waals surface area contributed by atoms with Crippen LogP contribution in [0.3, 0.4) is 0 Å². The van der Waals surface area contributed by atoms with E-state index in [2.05, 4.69) is 0 Å². The van der Waals surface area contributed by atoms with Gasteiger partial charge in [0.2, 0.25) is 5.91 Å². The van der Waals surface area contributed by atoms with Crippen molar-refractivity contribution in [3.8, 4) is 0 Å². The SMILES string of the molecule is CN(C(=O)C1CCCCCC1N)C1CCOC1. The third-order valence-corrected chi connectivity index (χ3v) is 4.19. The summed E-state index contributed by atoms with van der Waals surface area (Å²) in [5.74, 6) is 0.262. The lowest BCUT2D eigenvalue weighted by atomic mass is 9.93. The number of hydrogen-bond donors (Lipinski definition) is 1. The highest BCUT2D eigenvalue weighted by Crippen LogP contribution is 2.25. The zero-order valence-electron chi connectivity index (χ0n) is 10.7. The van der Waals surface area contributed by atoms with Crippen molar-refractivity contribution in [3.05, 3.63) is 0 Å². The molecule has 98 valence electrons. The minimum absolute atomic E-state index is 0.0306. The van der Waals surface area contributed by atoms with Crippen LogP contribution in [-0.2, 0) is 9.53 Å². The van der Waals surface area contributed by atoms with Crippen molar-refractivity contribution >= 4 is 5.91 Å². The average molecular weight is 240 g/mol. The quantitative estimate of drug-likeness (QED) is 0.736. The van der Waals surface area contributed by atoms with Crippen molar-refractivity contribution in [2.45, 2.75) is 50.6 Å². The van der Waals surface area contributed by atoms with Gasteiger partial charge in [0.25, 0.3) is 0 Å². The topological polar surface area (TPSA) is 55.6 Å². The molecule has 2 N–H and O–H groups in total. The predicted molar refractivity (Wildman–Crippen MR) is 66.5 cm³/mol. The summed E-state index contributed by atoms with van der Waals surface area (Å²) in [7, 11) is 1.90. The Morgan fingerprint density at radius 3 is 2.71 bits per heavy atom. The molecule has 0 radical (unpaired) electrons. The molecule has 4 nitrogen and oxygen atoms in total. The molecule has 0 spiro atoms. The lowest BCUT2D eigenvalue weighted by Crippen LogP contribution is -2.46. The van der Waals surface area contributed by atoms with Gasteiger partial charge in [-0.25, -0.2) is 0 Å². The highest BCUT2D eigenvalue weighted by atomic mass is 16.5. The maximum absolute atomic E-state index is 12.4. The van der Waals surface area contributed by atoms with Crippen molar-refractivity contribution in [3.63, 3.8) is 0 Å². The Hall–Kier alpha value is -0.610. The maximum atomic E-state index is 12.4. The van der Waals surface area contributed by atoms with Crippen molar-refractivity contribution in [2.75, 3.05) is 20.3 Å². The molecule has 2 rings (SSSR count). The Bertz CT molecular complexity index is 264. The smallest absolute Gasteiger partial charge is 0.227 e. The van der Waals surface area contributed by atoms with Gasteiger partial charge in [0.05, 0.1) is 18.6 Å². The summed E-state index contributed by atoms with van der Waals surface area (Å²) < 4.78 is 5.34. The van der Waals surface area contributed by atoms with E-state index in [0.29, 0.717) is 6.61 Å². The van der Waals surface area contributed by atoms with Crippen LogP contribution < -0.4 is 5.73 Å². The van der Waals surface area contributed by atoms with Gasteiger partial charge < -0.3 is 15.4 Å². The van der Waals surface area contributed by atoms with Crippen molar-refractivity contribution in [2.24, 2.45) is 11.7 Å². The average Bonchev–Trinajstić information content (AvgIpc) is 2.77. The molecule has 2 fully saturated rings. The van der Waals surface area contributed by atoms with E-state index in [-0.39, 0.29) is 23.9 Å². The van der Waals surface area contributed by atoms with Crippen LogP contribution in [0.1, 0.15) is 38.5 Å². The highest BCUT2D eigenvalue weighted by molar-refractivity contribution is 5.79. The molecule has 1 saturated heterocycles. The molecule has 3 atom stereocenters. The van der Waals surface area contributed by atoms with E-state index in [4.69, 9.17) is 10.5 Å². The molecule has 2 aliphatic rings. The Kier molecular flexibility index (Phi) is 4.40. The number of rotatable bonds is 2. The van der Waals surface area contributed by atoms with E-state index in [1.54, 1.807) is 0 Å². The molecule has 3 unspecified atom stereocenters. The third-order valence-electron chi connectivity index (χ3n) is 4.19. The summed E-state index contributed by atoms with van der Waals surface area (Å²) in [6, 6.07) is 0.313. The van der Waals surface area contributed by atoms with Gasteiger partial charge in [0.1, 0.15) is 0 Å². The zero-order valence-corrected chi connectivity index (χ0v) is 10.7. The summed E-state index contributed by atoms with van der Waals surface area (Å²) in [5.41, 5.74) is 6.14. The predicted octanol–water partition coefficient (Wildman–Crippen LogP) is 1.14. The zero-order chi connectivity index (χ0) is 12.3. The fourth-order valence-corrected chi connectivity index (χ4v) is 2.91. The van der Waals surface area contributed by atoms with E-state index in [0.717, 1.165) is 32.3 Å². The minimum Gasteiger partial charge on any atom is -0.379 e. The number of hydrogen-bond acceptors (Lipinski definition) is 3. The molecule has 0 aromatic carbocycles. The van der Waals surface area contributed by atoms with Gasteiger partial charge in [-0.05, 0) is 19.3 Å². The van der Waals surface area contributed by atoms with E-state index < -0.39 is 0 Å². The Balaban J connectivity index is 1.96. The van der Waals surface area contributed by atoms with Gasteiger partial charge in [0.15, 0.2) is 0 Å². The number of amides is 1. The number of likely N-dealkylation sites (N-methyl/N-ethyl adjacent to an activating group) is 1. The van der Waals surface area contributed by atoms with Crippen molar-refractivity contribution in [1.82, 2.24) is 4.90 Å². The molecule has 1 saturated carbocycles. The monoisotopic (exact) mass is 240 g/mol. The second kappa shape index (κ2) is 5.83. The molecule has 17 heavy (non-hydrogen) atoms. The fraction of sp³-hybridized carbons (Fsp3) is 0.923. The number of ether oxygens (including phenoxy) is 1. The molecule has 1 aliphatic heterocycles. The van der Waals surface area contributed by atoms with Gasteiger partial charge in [-0.3, -0.25) is 4.79 Å². The van der Waals surface area contributed by atoms with Crippen LogP contribution in [0.25, 0.3) is 0 Å². The van der Waals surface area contributed by atoms with Gasteiger partial charge >= 0.3 is 0 Å². The first-order valence-electron chi connectivity index (χ1n) is 6.80. The van der Waals surface area contributed by atoms with E-state index >= 15 is 0 Å². The standard InChI is InChI=1S/C13H24N2O2/c1-15(10-7-8-17-9-10)13(16)11-5-3-2-4-6-12(11)14/h10-12H,2-9,14H2,1H3. The molecular weight excluding hydrogens is 216 g/mol. The van der Waals surface area contributed by atoms with Crippen LogP contribution in [-0.4, -0.2) is 43.2 Å². The van der Waals surface area contributed by atoms with Crippen LogP contribution in [0.15, 0.2) is 0 Å². The first-order valence-corrected chi connectivity index (χ1v) is 6.80. The van der Waals surface area contributed by atoms with Gasteiger partial charge in [-0.2, -0.15) is 0 Å². The summed E-state index contributed by atoms with van der Waals surface area (Å²) in [5, 5.41) is 0. The van der Waals surface area contributed by atoms with E-state index in [1.807, 2.05) is 11.9 Å². The normalized spacial score (nSPS) is 34.4. The fourth-order valence-electron chi connectivity index (χ4n) is 2.91. The molecule has 1 amide bonds. The van der Waals surface area contributed by atoms with E-state index in [9.17, 15) is 4.79 Å². The number of nitrogens with two attached hydrogens (primary N) is 1. The molecule has 0 aromatic heterocycles. The van der Waals surface area contributed by atoms with Crippen LogP contribution in [0, 0.1) is 5.92 Å². The van der Waals surface area contributed by atoms with E-state index in [1.165, 1.54) is 12.8 Å². The Morgan fingerprint density at radius 2 is 2.00 bits per heavy atom. The summed E-state index contributed by atoms with van der Waals surface area (Å²) in [6.07, 6.45) is 6.43. The highest BCUT2D eigenvalue weighted by Gasteiger charge is 2.33. The van der Waals surface area contributed by atoms with Crippen molar-refractivity contribution < 1.29 is 9.53 Å². The van der Waals surface area contributed by atoms with Gasteiger partial charge in [0, 0.05) is 19.7 Å². The first-order chi connectivity index (χ1) is 8.20. The molecule has 0 aromatic rings. The Labute approximate surface area is 103 Å². The number of nitrogens with zero attached hydrogens (tertiary/aromatic N) is 1. The minimum atomic E-state index is 0.0306. The molecule has 0 bridgehead atoms. The summed E-state index contributed by atoms with van der Waals surface area (Å²) in [6.45, 7) is 1.46. The van der Waals surface area contributed by atoms with Crippen LogP contribution in [0.2, 0.25) is 0 Å². The lowest BCUT2D eigenvalue weighted by Gasteiger charge is -2.30. The van der Waals surface area contributed by atoms with Crippen molar-refractivity contribution in [1.29, 1.82) is 0 Å². The van der Waals surface area contributed by atoms with Crippen LogP contribution >= 0.6 is 0 Å². The lowest BCUT2D eigenvalue weighted by molar-refractivity contribution is -0.137. The third kappa shape index (κ3) is 2.99. The maximum Gasteiger partial charge on any atom is 0.227 e. The number of carbonyl (C=O) groups is 1. The Morgan fingerprint density at radius 1 is 1.24 bits per heavy atom. The molecule has 4 heteroatoms. The van der Waals surface area contributed by atoms with Gasteiger partial charge in [-0.1, -0.05) is 19.3 Å². The number of carbonyl (C=O) groups excluding carboxylic acids is 1. The molecule has 1 heterocycles. The summed E-state index contributed by atoms with van der Waals surface area (Å²) in [4.78, 5) is 14.3. The largest absolute Gasteiger partial charge is 0.379 e. The van der Waals surface area contributed by atoms with Crippen LogP contribution in [0.4, 0.5) is 0 Å². The van der Waals surface area contributed by atoms with Crippen LogP contribution in [0.5, 0.6) is 0 Å². The first kappa shape index (κ1) is 12.8. The summed E-state index contributed by atoms with van der Waals surface area (Å²) >= 11 is 0. The second-order valence-corrected chi connectivity index (χ2v) is 5.37. The second-order valence-electron chi connectivity index (χ2n) is 5.37. The van der Waals surface area contributed by atoms with Gasteiger partial charge in [-0.15, -0.1) is 0 Å². The molecule has 1 aliphatic carbocycles. The molecular formula is C13H24N2O2.